The first-order chi connectivity index (χ1) is 11.1. The molecule has 1 heterocycles. The molecular formula is C20H18O3. The predicted octanol–water partition coefficient (Wildman–Crippen LogP) is 4.67. The van der Waals surface area contributed by atoms with Gasteiger partial charge < -0.3 is 9.52 Å². The molecule has 0 saturated heterocycles. The van der Waals surface area contributed by atoms with Gasteiger partial charge in [-0.15, -0.1) is 6.58 Å². The summed E-state index contributed by atoms with van der Waals surface area (Å²) in [5.41, 5.74) is 2.84. The summed E-state index contributed by atoms with van der Waals surface area (Å²) in [6.07, 6.45) is 1.57. The van der Waals surface area contributed by atoms with Gasteiger partial charge in [-0.3, -0.25) is 4.79 Å². The Labute approximate surface area is 134 Å². The fourth-order valence-corrected chi connectivity index (χ4v) is 2.60. The van der Waals surface area contributed by atoms with E-state index in [0.29, 0.717) is 16.5 Å². The highest BCUT2D eigenvalue weighted by atomic mass is 16.4. The molecule has 0 saturated carbocycles. The van der Waals surface area contributed by atoms with Crippen LogP contribution in [-0.4, -0.2) is 5.11 Å². The quantitative estimate of drug-likeness (QED) is 0.712. The molecule has 0 radical (unpaired) electrons. The SMILES string of the molecule is C=C(C)CCc1cccc2c(=O)c(O)c(-c3ccccc3)oc12. The first-order valence-corrected chi connectivity index (χ1v) is 7.55. The van der Waals surface area contributed by atoms with Crippen molar-refractivity contribution in [2.75, 3.05) is 0 Å². The summed E-state index contributed by atoms with van der Waals surface area (Å²) >= 11 is 0. The molecule has 0 aliphatic heterocycles. The van der Waals surface area contributed by atoms with Gasteiger partial charge in [-0.1, -0.05) is 48.0 Å². The Morgan fingerprint density at radius 2 is 1.87 bits per heavy atom. The molecule has 0 aliphatic rings. The molecule has 0 spiro atoms. The fourth-order valence-electron chi connectivity index (χ4n) is 2.60. The van der Waals surface area contributed by atoms with Gasteiger partial charge in [0.2, 0.25) is 11.2 Å². The molecule has 0 amide bonds. The van der Waals surface area contributed by atoms with Crippen molar-refractivity contribution < 1.29 is 9.52 Å². The molecule has 3 aromatic rings. The average molecular weight is 306 g/mol. The van der Waals surface area contributed by atoms with Crippen LogP contribution in [0.25, 0.3) is 22.3 Å². The normalized spacial score (nSPS) is 10.8. The summed E-state index contributed by atoms with van der Waals surface area (Å²) in [5, 5.41) is 10.6. The zero-order chi connectivity index (χ0) is 16.4. The summed E-state index contributed by atoms with van der Waals surface area (Å²) in [6.45, 7) is 5.89. The number of fused-ring (bicyclic) bond motifs is 1. The monoisotopic (exact) mass is 306 g/mol. The second-order valence-electron chi connectivity index (χ2n) is 5.73. The topological polar surface area (TPSA) is 50.4 Å². The van der Waals surface area contributed by atoms with Gasteiger partial charge in [-0.25, -0.2) is 0 Å². The maximum atomic E-state index is 12.5. The Morgan fingerprint density at radius 3 is 2.57 bits per heavy atom. The van der Waals surface area contributed by atoms with Crippen LogP contribution in [0.15, 0.2) is 69.9 Å². The van der Waals surface area contributed by atoms with E-state index >= 15 is 0 Å². The van der Waals surface area contributed by atoms with Crippen molar-refractivity contribution in [1.82, 2.24) is 0 Å². The van der Waals surface area contributed by atoms with E-state index in [9.17, 15) is 9.90 Å². The van der Waals surface area contributed by atoms with Crippen molar-refractivity contribution in [2.24, 2.45) is 0 Å². The molecular weight excluding hydrogens is 288 g/mol. The minimum absolute atomic E-state index is 0.214. The fraction of sp³-hybridized carbons (Fsp3) is 0.150. The van der Waals surface area contributed by atoms with Crippen LogP contribution < -0.4 is 5.43 Å². The molecule has 3 heteroatoms. The summed E-state index contributed by atoms with van der Waals surface area (Å²) < 4.78 is 5.94. The van der Waals surface area contributed by atoms with Crippen molar-refractivity contribution in [3.8, 4) is 17.1 Å². The zero-order valence-corrected chi connectivity index (χ0v) is 13.0. The Bertz CT molecular complexity index is 921. The highest BCUT2D eigenvalue weighted by Gasteiger charge is 2.16. The number of allylic oxidation sites excluding steroid dienone is 1. The lowest BCUT2D eigenvalue weighted by molar-refractivity contribution is 0.448. The maximum absolute atomic E-state index is 12.5. The van der Waals surface area contributed by atoms with E-state index in [2.05, 4.69) is 6.58 Å². The van der Waals surface area contributed by atoms with Gasteiger partial charge in [0.15, 0.2) is 5.76 Å². The molecule has 0 unspecified atom stereocenters. The maximum Gasteiger partial charge on any atom is 0.235 e. The number of para-hydroxylation sites is 1. The van der Waals surface area contributed by atoms with E-state index in [0.717, 1.165) is 24.0 Å². The second kappa shape index (κ2) is 6.13. The molecule has 3 nitrogen and oxygen atoms in total. The van der Waals surface area contributed by atoms with E-state index < -0.39 is 5.43 Å². The molecule has 1 aromatic heterocycles. The van der Waals surface area contributed by atoms with Crippen molar-refractivity contribution >= 4 is 11.0 Å². The van der Waals surface area contributed by atoms with Crippen LogP contribution >= 0.6 is 0 Å². The molecule has 0 aliphatic carbocycles. The van der Waals surface area contributed by atoms with Crippen molar-refractivity contribution in [3.05, 3.63) is 76.5 Å². The number of aromatic hydroxyl groups is 1. The third-order valence-corrected chi connectivity index (χ3v) is 3.83. The van der Waals surface area contributed by atoms with Gasteiger partial charge in [0.25, 0.3) is 0 Å². The molecule has 23 heavy (non-hydrogen) atoms. The van der Waals surface area contributed by atoms with Crippen LogP contribution in [0.5, 0.6) is 5.75 Å². The van der Waals surface area contributed by atoms with Gasteiger partial charge in [0, 0.05) is 5.56 Å². The molecule has 2 aromatic carbocycles. The van der Waals surface area contributed by atoms with Gasteiger partial charge in [0.05, 0.1) is 5.39 Å². The molecule has 0 fully saturated rings. The van der Waals surface area contributed by atoms with E-state index in [-0.39, 0.29) is 11.5 Å². The highest BCUT2D eigenvalue weighted by molar-refractivity contribution is 5.84. The van der Waals surface area contributed by atoms with E-state index in [4.69, 9.17) is 4.42 Å². The van der Waals surface area contributed by atoms with Crippen LogP contribution in [0.2, 0.25) is 0 Å². The van der Waals surface area contributed by atoms with Crippen LogP contribution in [0.3, 0.4) is 0 Å². The Morgan fingerprint density at radius 1 is 1.13 bits per heavy atom. The summed E-state index contributed by atoms with van der Waals surface area (Å²) in [6, 6.07) is 14.6. The van der Waals surface area contributed by atoms with Crippen LogP contribution in [0.4, 0.5) is 0 Å². The number of rotatable bonds is 4. The van der Waals surface area contributed by atoms with Gasteiger partial charge in [-0.05, 0) is 31.4 Å². The molecule has 0 bridgehead atoms. The average Bonchev–Trinajstić information content (AvgIpc) is 2.57. The van der Waals surface area contributed by atoms with Gasteiger partial charge in [0.1, 0.15) is 5.58 Å². The van der Waals surface area contributed by atoms with Gasteiger partial charge in [-0.2, -0.15) is 0 Å². The van der Waals surface area contributed by atoms with Crippen LogP contribution in [-0.2, 0) is 6.42 Å². The van der Waals surface area contributed by atoms with Crippen molar-refractivity contribution in [2.45, 2.75) is 19.8 Å². The van der Waals surface area contributed by atoms with Crippen molar-refractivity contribution in [1.29, 1.82) is 0 Å². The lowest BCUT2D eigenvalue weighted by atomic mass is 10.0. The Hall–Kier alpha value is -2.81. The third-order valence-electron chi connectivity index (χ3n) is 3.83. The Balaban J connectivity index is 2.24. The van der Waals surface area contributed by atoms with Crippen LogP contribution in [0.1, 0.15) is 18.9 Å². The minimum atomic E-state index is -0.401. The van der Waals surface area contributed by atoms with Gasteiger partial charge >= 0.3 is 0 Å². The highest BCUT2D eigenvalue weighted by Crippen LogP contribution is 2.31. The molecule has 1 N–H and O–H groups in total. The molecule has 116 valence electrons. The third kappa shape index (κ3) is 2.90. The first kappa shape index (κ1) is 15.1. The summed E-state index contributed by atoms with van der Waals surface area (Å²) in [5.74, 6) is -0.133. The minimum Gasteiger partial charge on any atom is -0.502 e. The summed E-state index contributed by atoms with van der Waals surface area (Å²) in [4.78, 5) is 12.5. The molecule has 0 atom stereocenters. The smallest absolute Gasteiger partial charge is 0.235 e. The lowest BCUT2D eigenvalue weighted by Gasteiger charge is -2.09. The summed E-state index contributed by atoms with van der Waals surface area (Å²) in [7, 11) is 0. The largest absolute Gasteiger partial charge is 0.502 e. The number of aryl methyl sites for hydroxylation is 1. The number of benzene rings is 2. The Kier molecular flexibility index (Phi) is 4.02. The zero-order valence-electron chi connectivity index (χ0n) is 13.0. The molecule has 3 rings (SSSR count). The number of hydrogen-bond acceptors (Lipinski definition) is 3. The standard InChI is InChI=1S/C20H18O3/c1-13(2)11-12-15-9-6-10-16-17(21)18(22)20(23-19(15)16)14-7-4-3-5-8-14/h3-10,22H,1,11-12H2,2H3. The lowest BCUT2D eigenvalue weighted by Crippen LogP contribution is -2.04. The van der Waals surface area contributed by atoms with Crippen LogP contribution in [0, 0.1) is 0 Å². The van der Waals surface area contributed by atoms with Crippen molar-refractivity contribution in [3.63, 3.8) is 0 Å². The second-order valence-corrected chi connectivity index (χ2v) is 5.73. The predicted molar refractivity (Wildman–Crippen MR) is 92.7 cm³/mol. The number of hydrogen-bond donors (Lipinski definition) is 1. The van der Waals surface area contributed by atoms with E-state index in [1.54, 1.807) is 18.2 Å². The van der Waals surface area contributed by atoms with E-state index in [1.165, 1.54) is 0 Å². The van der Waals surface area contributed by atoms with E-state index in [1.807, 2.05) is 37.3 Å². The first-order valence-electron chi connectivity index (χ1n) is 7.55.